The maximum Gasteiger partial charge on any atom is 0.243 e. The number of carbonyl (C=O) groups excluding carboxylic acids is 1. The second-order valence-electron chi connectivity index (χ2n) is 7.31. The molecule has 0 unspecified atom stereocenters. The molecule has 174 valence electrons. The third-order valence-corrected chi connectivity index (χ3v) is 8.27. The van der Waals surface area contributed by atoms with E-state index in [1.807, 2.05) is 31.2 Å². The molecule has 0 saturated carbocycles. The van der Waals surface area contributed by atoms with E-state index >= 15 is 0 Å². The highest BCUT2D eigenvalue weighted by Crippen LogP contribution is 2.26. The van der Waals surface area contributed by atoms with E-state index in [-0.39, 0.29) is 24.0 Å². The molecule has 0 fully saturated rings. The minimum atomic E-state index is -3.99. The summed E-state index contributed by atoms with van der Waals surface area (Å²) in [5.41, 5.74) is 1.43. The molecule has 0 saturated heterocycles. The number of hydrogen-bond acceptors (Lipinski definition) is 3. The molecule has 0 aliphatic heterocycles. The molecule has 0 bridgehead atoms. The SMILES string of the molecule is C[C@H](NC(=O)CN(Cc1ccc(Cl)cc1Cl)S(=O)(=O)c1ccc(Br)cc1)c1cccc(Br)c1. The number of nitrogens with zero attached hydrogens (tertiary/aromatic N) is 1. The summed E-state index contributed by atoms with van der Waals surface area (Å²) in [6.45, 7) is 1.37. The number of nitrogens with one attached hydrogen (secondary N) is 1. The zero-order valence-corrected chi connectivity index (χ0v) is 22.9. The fourth-order valence-electron chi connectivity index (χ4n) is 3.13. The van der Waals surface area contributed by atoms with Crippen molar-refractivity contribution in [1.82, 2.24) is 9.62 Å². The first-order chi connectivity index (χ1) is 15.6. The van der Waals surface area contributed by atoms with E-state index in [9.17, 15) is 13.2 Å². The normalized spacial score (nSPS) is 12.5. The Kier molecular flexibility index (Phi) is 9.00. The van der Waals surface area contributed by atoms with Gasteiger partial charge in [0.25, 0.3) is 0 Å². The number of halogens is 4. The van der Waals surface area contributed by atoms with Gasteiger partial charge in [0.05, 0.1) is 17.5 Å². The van der Waals surface area contributed by atoms with Gasteiger partial charge in [0.1, 0.15) is 0 Å². The van der Waals surface area contributed by atoms with Gasteiger partial charge < -0.3 is 5.32 Å². The quantitative estimate of drug-likeness (QED) is 0.304. The molecule has 10 heteroatoms. The summed E-state index contributed by atoms with van der Waals surface area (Å²) in [5.74, 6) is -0.437. The van der Waals surface area contributed by atoms with Crippen LogP contribution in [0.15, 0.2) is 80.6 Å². The largest absolute Gasteiger partial charge is 0.348 e. The predicted octanol–water partition coefficient (Wildman–Crippen LogP) is 6.59. The van der Waals surface area contributed by atoms with Crippen molar-refractivity contribution < 1.29 is 13.2 Å². The lowest BCUT2D eigenvalue weighted by molar-refractivity contribution is -0.122. The highest BCUT2D eigenvalue weighted by Gasteiger charge is 2.28. The molecule has 0 radical (unpaired) electrons. The Morgan fingerprint density at radius 3 is 2.33 bits per heavy atom. The van der Waals surface area contributed by atoms with E-state index in [0.29, 0.717) is 15.6 Å². The number of sulfonamides is 1. The molecule has 3 aromatic carbocycles. The number of carbonyl (C=O) groups is 1. The van der Waals surface area contributed by atoms with E-state index in [1.165, 1.54) is 18.2 Å². The highest BCUT2D eigenvalue weighted by molar-refractivity contribution is 9.10. The fraction of sp³-hybridized carbons (Fsp3) is 0.174. The molecule has 0 aliphatic rings. The number of rotatable bonds is 8. The van der Waals surface area contributed by atoms with Crippen molar-refractivity contribution in [2.45, 2.75) is 24.4 Å². The molecule has 1 atom stereocenters. The van der Waals surface area contributed by atoms with E-state index in [2.05, 4.69) is 37.2 Å². The first kappa shape index (κ1) is 26.2. The van der Waals surface area contributed by atoms with Crippen LogP contribution < -0.4 is 5.32 Å². The topological polar surface area (TPSA) is 66.5 Å². The molecule has 33 heavy (non-hydrogen) atoms. The molecule has 1 N–H and O–H groups in total. The first-order valence-electron chi connectivity index (χ1n) is 9.81. The molecule has 0 spiro atoms. The number of amides is 1. The standard InChI is InChI=1S/C23H20Br2Cl2N2O3S/c1-15(16-3-2-4-19(25)11-16)28-23(30)14-29(13-17-5-8-20(26)12-22(17)27)33(31,32)21-9-6-18(24)7-10-21/h2-12,15H,13-14H2,1H3,(H,28,30)/t15-/m0/s1. The van der Waals surface area contributed by atoms with E-state index in [0.717, 1.165) is 18.8 Å². The first-order valence-corrected chi connectivity index (χ1v) is 13.6. The van der Waals surface area contributed by atoms with Crippen LogP contribution >= 0.6 is 55.1 Å². The monoisotopic (exact) mass is 632 g/mol. The molecule has 0 heterocycles. The van der Waals surface area contributed by atoms with Crippen molar-refractivity contribution in [1.29, 1.82) is 0 Å². The molecule has 5 nitrogen and oxygen atoms in total. The minimum absolute atomic E-state index is 0.0728. The van der Waals surface area contributed by atoms with Gasteiger partial charge in [0.15, 0.2) is 0 Å². The van der Waals surface area contributed by atoms with Crippen LogP contribution in [0, 0.1) is 0 Å². The van der Waals surface area contributed by atoms with Crippen molar-refractivity contribution in [3.05, 3.63) is 96.8 Å². The average molecular weight is 635 g/mol. The van der Waals surface area contributed by atoms with Crippen molar-refractivity contribution >= 4 is 71.0 Å². The molecular formula is C23H20Br2Cl2N2O3S. The van der Waals surface area contributed by atoms with E-state index in [1.54, 1.807) is 24.3 Å². The average Bonchev–Trinajstić information content (AvgIpc) is 2.75. The summed E-state index contributed by atoms with van der Waals surface area (Å²) in [4.78, 5) is 13.0. The number of hydrogen-bond donors (Lipinski definition) is 1. The molecule has 0 aromatic heterocycles. The van der Waals surface area contributed by atoms with Crippen LogP contribution in [-0.2, 0) is 21.4 Å². The van der Waals surface area contributed by atoms with Crippen molar-refractivity contribution in [2.24, 2.45) is 0 Å². The van der Waals surface area contributed by atoms with Crippen molar-refractivity contribution in [2.75, 3.05) is 6.54 Å². The van der Waals surface area contributed by atoms with Gasteiger partial charge in [-0.2, -0.15) is 4.31 Å². The molecule has 3 aromatic rings. The zero-order chi connectivity index (χ0) is 24.2. The van der Waals surface area contributed by atoms with E-state index < -0.39 is 15.9 Å². The van der Waals surface area contributed by atoms with Crippen LogP contribution in [0.25, 0.3) is 0 Å². The summed E-state index contributed by atoms with van der Waals surface area (Å²) in [5, 5.41) is 3.63. The Labute approximate surface area is 220 Å². The van der Waals surface area contributed by atoms with Crippen LogP contribution in [0.4, 0.5) is 0 Å². The van der Waals surface area contributed by atoms with Gasteiger partial charge in [0, 0.05) is 25.5 Å². The van der Waals surface area contributed by atoms with Crippen LogP contribution in [0.5, 0.6) is 0 Å². The lowest BCUT2D eigenvalue weighted by Gasteiger charge is -2.24. The fourth-order valence-corrected chi connectivity index (χ4v) is 5.65. The third-order valence-electron chi connectivity index (χ3n) is 4.86. The van der Waals surface area contributed by atoms with Crippen LogP contribution in [-0.4, -0.2) is 25.2 Å². The summed E-state index contributed by atoms with van der Waals surface area (Å²) >= 11 is 19.0. The Morgan fingerprint density at radius 1 is 1.00 bits per heavy atom. The second-order valence-corrected chi connectivity index (χ2v) is 11.9. The van der Waals surface area contributed by atoms with Crippen molar-refractivity contribution in [3.8, 4) is 0 Å². The van der Waals surface area contributed by atoms with Gasteiger partial charge in [0.2, 0.25) is 15.9 Å². The van der Waals surface area contributed by atoms with Crippen LogP contribution in [0.3, 0.4) is 0 Å². The Balaban J connectivity index is 1.87. The lowest BCUT2D eigenvalue weighted by Crippen LogP contribution is -2.41. The lowest BCUT2D eigenvalue weighted by atomic mass is 10.1. The van der Waals surface area contributed by atoms with Crippen molar-refractivity contribution in [3.63, 3.8) is 0 Å². The maximum absolute atomic E-state index is 13.4. The maximum atomic E-state index is 13.4. The zero-order valence-electron chi connectivity index (χ0n) is 17.4. The van der Waals surface area contributed by atoms with Crippen LogP contribution in [0.1, 0.15) is 24.1 Å². The van der Waals surface area contributed by atoms with Gasteiger partial charge in [-0.05, 0) is 66.6 Å². The van der Waals surface area contributed by atoms with Gasteiger partial charge in [-0.3, -0.25) is 4.79 Å². The highest BCUT2D eigenvalue weighted by atomic mass is 79.9. The Hall–Kier alpha value is -1.42. The molecule has 3 rings (SSSR count). The molecule has 1 amide bonds. The predicted molar refractivity (Wildman–Crippen MR) is 139 cm³/mol. The Bertz CT molecular complexity index is 1250. The van der Waals surface area contributed by atoms with Gasteiger partial charge in [-0.15, -0.1) is 0 Å². The summed E-state index contributed by atoms with van der Waals surface area (Å²) in [6, 6.07) is 18.3. The third kappa shape index (κ3) is 7.04. The summed E-state index contributed by atoms with van der Waals surface area (Å²) < 4.78 is 29.6. The molecule has 0 aliphatic carbocycles. The van der Waals surface area contributed by atoms with Crippen LogP contribution in [0.2, 0.25) is 10.0 Å². The second kappa shape index (κ2) is 11.3. The van der Waals surface area contributed by atoms with E-state index in [4.69, 9.17) is 23.2 Å². The minimum Gasteiger partial charge on any atom is -0.348 e. The molecular weight excluding hydrogens is 615 g/mol. The summed E-state index contributed by atoms with van der Waals surface area (Å²) in [7, 11) is -3.99. The summed E-state index contributed by atoms with van der Waals surface area (Å²) in [6.07, 6.45) is 0. The smallest absolute Gasteiger partial charge is 0.243 e. The van der Waals surface area contributed by atoms with Gasteiger partial charge in [-0.25, -0.2) is 8.42 Å². The van der Waals surface area contributed by atoms with Gasteiger partial charge >= 0.3 is 0 Å². The number of benzene rings is 3. The Morgan fingerprint density at radius 2 is 1.70 bits per heavy atom. The van der Waals surface area contributed by atoms with Gasteiger partial charge in [-0.1, -0.05) is 73.3 Å².